The molecule has 11 heteroatoms. The number of nitrogens with one attached hydrogen (secondary N) is 2. The van der Waals surface area contributed by atoms with E-state index in [1.807, 2.05) is 168 Å². The fraction of sp³-hybridized carbons (Fsp3) is 0.170. The van der Waals surface area contributed by atoms with E-state index in [1.54, 1.807) is 0 Å². The van der Waals surface area contributed by atoms with E-state index >= 15 is 0 Å². The zero-order valence-corrected chi connectivity index (χ0v) is 36.4. The largest absolute Gasteiger partial charge is 0.436 e. The van der Waals surface area contributed by atoms with Gasteiger partial charge >= 0.3 is 0 Å². The van der Waals surface area contributed by atoms with Crippen LogP contribution in [0, 0.1) is 10.8 Å². The van der Waals surface area contributed by atoms with Crippen molar-refractivity contribution in [3.05, 3.63) is 167 Å². The number of fused-ring (bicyclic) bond motifs is 3. The van der Waals surface area contributed by atoms with E-state index < -0.39 is 5.66 Å². The van der Waals surface area contributed by atoms with E-state index in [2.05, 4.69) is 23.2 Å². The molecule has 1 aliphatic heterocycles. The number of para-hydroxylation sites is 4. The van der Waals surface area contributed by atoms with Gasteiger partial charge in [-0.2, -0.15) is 0 Å². The summed E-state index contributed by atoms with van der Waals surface area (Å²) in [6.45, 7) is 12.0. The molecule has 10 rings (SSSR count). The molecule has 11 nitrogen and oxygen atoms in total. The minimum Gasteiger partial charge on any atom is -0.436 e. The van der Waals surface area contributed by atoms with Gasteiger partial charge in [0.2, 0.25) is 11.8 Å². The van der Waals surface area contributed by atoms with E-state index in [9.17, 15) is 10.8 Å². The lowest BCUT2D eigenvalue weighted by Gasteiger charge is -2.34. The summed E-state index contributed by atoms with van der Waals surface area (Å²) < 4.78 is 12.1. The number of allylic oxidation sites excluding steroid dienone is 8. The van der Waals surface area contributed by atoms with E-state index in [0.717, 1.165) is 55.4 Å². The Hall–Kier alpha value is -7.92. The standard InChI is InChI=1S/C53H45N9O2/c1-30(2)56-40-14-11-15-41(47(40)55)62(42-28-26-36(46(54)49(42)57-31(3)4)32-18-22-34(23-19-32)51-58-38-12-7-9-16-44(38)63-51)43-29-27-37(48-50(43)61-53(5,6)60-48)33-20-24-35(25-21-33)52-59-39-13-8-10-17-45(39)64-52/h7-31,54-55H,1-6H3. The Balaban J connectivity index is 1.10. The maximum atomic E-state index is 9.82. The fourth-order valence-electron chi connectivity index (χ4n) is 8.23. The first-order valence-corrected chi connectivity index (χ1v) is 21.4. The molecule has 0 amide bonds. The highest BCUT2D eigenvalue weighted by molar-refractivity contribution is 6.63. The topological polar surface area (TPSA) is 152 Å². The van der Waals surface area contributed by atoms with Gasteiger partial charge in [0.05, 0.1) is 33.9 Å². The van der Waals surface area contributed by atoms with Crippen LogP contribution in [0.4, 0.5) is 5.69 Å². The second kappa shape index (κ2) is 15.8. The number of benzene rings is 5. The molecule has 2 aliphatic carbocycles. The third-order valence-electron chi connectivity index (χ3n) is 11.1. The third kappa shape index (κ3) is 7.34. The molecule has 2 aromatic heterocycles. The first kappa shape index (κ1) is 40.2. The van der Waals surface area contributed by atoms with E-state index in [4.69, 9.17) is 33.8 Å². The Bertz CT molecular complexity index is 3320. The average Bonchev–Trinajstić information content (AvgIpc) is 4.01. The Morgan fingerprint density at radius 1 is 0.578 bits per heavy atom. The predicted molar refractivity (Wildman–Crippen MR) is 257 cm³/mol. The van der Waals surface area contributed by atoms with Gasteiger partial charge in [-0.05, 0) is 138 Å². The number of hydrogen-bond acceptors (Lipinski definition) is 11. The van der Waals surface area contributed by atoms with Crippen LogP contribution in [0.3, 0.4) is 0 Å². The number of aromatic nitrogens is 2. The summed E-state index contributed by atoms with van der Waals surface area (Å²) in [5, 5.41) is 20.9. The molecule has 3 heterocycles. The summed E-state index contributed by atoms with van der Waals surface area (Å²) in [6.07, 6.45) is 9.67. The summed E-state index contributed by atoms with van der Waals surface area (Å²) >= 11 is 0. The van der Waals surface area contributed by atoms with Crippen LogP contribution in [0.15, 0.2) is 180 Å². The van der Waals surface area contributed by atoms with Gasteiger partial charge in [0.15, 0.2) is 11.2 Å². The molecule has 5 aromatic carbocycles. The van der Waals surface area contributed by atoms with Crippen LogP contribution in [0.25, 0.3) is 61.8 Å². The number of rotatable bonds is 9. The van der Waals surface area contributed by atoms with Crippen LogP contribution in [0.1, 0.15) is 47.1 Å². The van der Waals surface area contributed by atoms with Crippen molar-refractivity contribution in [2.75, 3.05) is 4.90 Å². The minimum atomic E-state index is -0.769. The summed E-state index contributed by atoms with van der Waals surface area (Å²) in [5.74, 6) is 1.09. The van der Waals surface area contributed by atoms with Gasteiger partial charge in [0.1, 0.15) is 33.5 Å². The molecular formula is C53H45N9O2. The average molecular weight is 840 g/mol. The second-order valence-corrected chi connectivity index (χ2v) is 17.0. The minimum absolute atomic E-state index is 0.0282. The van der Waals surface area contributed by atoms with Crippen molar-refractivity contribution in [3.8, 4) is 34.0 Å². The number of anilines is 1. The summed E-state index contributed by atoms with van der Waals surface area (Å²) in [6, 6.07) is 35.4. The van der Waals surface area contributed by atoms with Crippen molar-refractivity contribution < 1.29 is 8.83 Å². The van der Waals surface area contributed by atoms with Gasteiger partial charge in [-0.25, -0.2) is 9.97 Å². The molecule has 0 saturated heterocycles. The highest BCUT2D eigenvalue weighted by atomic mass is 16.4. The molecular weight excluding hydrogens is 795 g/mol. The lowest BCUT2D eigenvalue weighted by atomic mass is 9.90. The van der Waals surface area contributed by atoms with Gasteiger partial charge in [-0.15, -0.1) is 0 Å². The molecule has 7 aromatic rings. The summed E-state index contributed by atoms with van der Waals surface area (Å²) in [5.41, 5.74) is 10.9. The SMILES string of the molecule is CC(C)N=C1C=CC=C(N(C2=CC=C(c3ccc(-c4nc5ccccc5o4)cc3)C(=N)C2=NC(C)C)c2ccc(-c3ccc(-c4nc5ccccc5o4)cc3)c3c2=NC(C)(C)N=3)C1=N. The number of hydrogen-bond donors (Lipinski definition) is 2. The highest BCUT2D eigenvalue weighted by Crippen LogP contribution is 2.35. The van der Waals surface area contributed by atoms with Gasteiger partial charge in [-0.3, -0.25) is 30.8 Å². The predicted octanol–water partition coefficient (Wildman–Crippen LogP) is 10.9. The molecule has 0 atom stereocenters. The Morgan fingerprint density at radius 2 is 1.14 bits per heavy atom. The fourth-order valence-corrected chi connectivity index (χ4v) is 8.23. The van der Waals surface area contributed by atoms with Crippen molar-refractivity contribution >= 4 is 56.3 Å². The first-order chi connectivity index (χ1) is 30.9. The van der Waals surface area contributed by atoms with Gasteiger partial charge in [-0.1, -0.05) is 54.6 Å². The Kier molecular flexibility index (Phi) is 9.90. The molecule has 0 bridgehead atoms. The molecule has 0 radical (unpaired) electrons. The highest BCUT2D eigenvalue weighted by Gasteiger charge is 2.34. The molecule has 2 N–H and O–H groups in total. The van der Waals surface area contributed by atoms with Gasteiger partial charge in [0.25, 0.3) is 0 Å². The van der Waals surface area contributed by atoms with Gasteiger partial charge < -0.3 is 13.7 Å². The molecule has 0 unspecified atom stereocenters. The quantitative estimate of drug-likeness (QED) is 0.139. The van der Waals surface area contributed by atoms with Crippen LogP contribution in [0.2, 0.25) is 0 Å². The summed E-state index contributed by atoms with van der Waals surface area (Å²) in [7, 11) is 0. The maximum Gasteiger partial charge on any atom is 0.227 e. The zero-order valence-electron chi connectivity index (χ0n) is 36.4. The lowest BCUT2D eigenvalue weighted by Crippen LogP contribution is -2.42. The van der Waals surface area contributed by atoms with Crippen molar-refractivity contribution in [1.82, 2.24) is 9.97 Å². The maximum absolute atomic E-state index is 9.82. The van der Waals surface area contributed by atoms with E-state index in [-0.39, 0.29) is 23.5 Å². The number of nitrogens with zero attached hydrogens (tertiary/aromatic N) is 7. The second-order valence-electron chi connectivity index (χ2n) is 17.0. The van der Waals surface area contributed by atoms with Crippen molar-refractivity contribution in [1.29, 1.82) is 10.8 Å². The molecule has 0 fully saturated rings. The Labute approximate surface area is 370 Å². The number of aliphatic imine (C=N–C) groups is 2. The molecule has 0 saturated carbocycles. The van der Waals surface area contributed by atoms with Crippen LogP contribution < -0.4 is 15.6 Å². The van der Waals surface area contributed by atoms with Crippen LogP contribution in [-0.4, -0.2) is 50.6 Å². The van der Waals surface area contributed by atoms with Gasteiger partial charge in [0, 0.05) is 34.3 Å². The molecule has 0 spiro atoms. The van der Waals surface area contributed by atoms with Crippen molar-refractivity contribution in [3.63, 3.8) is 0 Å². The lowest BCUT2D eigenvalue weighted by molar-refractivity contribution is 0.549. The Morgan fingerprint density at radius 3 is 1.73 bits per heavy atom. The van der Waals surface area contributed by atoms with Crippen LogP contribution in [0.5, 0.6) is 0 Å². The number of oxazole rings is 2. The zero-order chi connectivity index (χ0) is 44.3. The van der Waals surface area contributed by atoms with Crippen LogP contribution >= 0.6 is 0 Å². The molecule has 314 valence electrons. The third-order valence-corrected chi connectivity index (χ3v) is 11.1. The van der Waals surface area contributed by atoms with E-state index in [0.29, 0.717) is 51.2 Å². The summed E-state index contributed by atoms with van der Waals surface area (Å²) in [4.78, 5) is 31.8. The normalized spacial score (nSPS) is 17.0. The monoisotopic (exact) mass is 839 g/mol. The van der Waals surface area contributed by atoms with Crippen LogP contribution in [-0.2, 0) is 0 Å². The van der Waals surface area contributed by atoms with Crippen molar-refractivity contribution in [2.45, 2.75) is 59.3 Å². The van der Waals surface area contributed by atoms with Crippen molar-refractivity contribution in [2.24, 2.45) is 20.0 Å². The first-order valence-electron chi connectivity index (χ1n) is 21.4. The molecule has 3 aliphatic rings. The van der Waals surface area contributed by atoms with E-state index in [1.165, 1.54) is 0 Å². The smallest absolute Gasteiger partial charge is 0.227 e. The molecule has 64 heavy (non-hydrogen) atoms.